The summed E-state index contributed by atoms with van der Waals surface area (Å²) < 4.78 is 0. The SMILES string of the molecule is CC1(NC(=O)C2CCCC2(C)C)CCNC1. The predicted octanol–water partition coefficient (Wildman–Crippen LogP) is 1.68. The zero-order valence-corrected chi connectivity index (χ0v) is 10.7. The van der Waals surface area contributed by atoms with Crippen molar-refractivity contribution in [2.24, 2.45) is 11.3 Å². The van der Waals surface area contributed by atoms with E-state index in [0.29, 0.717) is 0 Å². The van der Waals surface area contributed by atoms with E-state index in [-0.39, 0.29) is 22.8 Å². The van der Waals surface area contributed by atoms with E-state index in [9.17, 15) is 4.79 Å². The molecule has 1 saturated heterocycles. The number of rotatable bonds is 2. The first-order chi connectivity index (χ1) is 7.43. The normalized spacial score (nSPS) is 37.6. The van der Waals surface area contributed by atoms with Crippen molar-refractivity contribution in [3.63, 3.8) is 0 Å². The maximum atomic E-state index is 12.3. The molecule has 0 aromatic rings. The minimum Gasteiger partial charge on any atom is -0.349 e. The van der Waals surface area contributed by atoms with Crippen LogP contribution in [-0.2, 0) is 4.79 Å². The van der Waals surface area contributed by atoms with Gasteiger partial charge in [0.15, 0.2) is 0 Å². The molecular formula is C13H24N2O. The highest BCUT2D eigenvalue weighted by Gasteiger charge is 2.41. The number of hydrogen-bond acceptors (Lipinski definition) is 2. The molecule has 3 heteroatoms. The summed E-state index contributed by atoms with van der Waals surface area (Å²) in [5, 5.41) is 6.57. The maximum absolute atomic E-state index is 12.3. The molecule has 1 amide bonds. The van der Waals surface area contributed by atoms with Gasteiger partial charge in [-0.3, -0.25) is 4.79 Å². The molecule has 2 unspecified atom stereocenters. The lowest BCUT2D eigenvalue weighted by Gasteiger charge is -2.31. The van der Waals surface area contributed by atoms with Crippen molar-refractivity contribution >= 4 is 5.91 Å². The van der Waals surface area contributed by atoms with E-state index < -0.39 is 0 Å². The van der Waals surface area contributed by atoms with Crippen LogP contribution in [0, 0.1) is 11.3 Å². The Bertz CT molecular complexity index is 280. The average molecular weight is 224 g/mol. The van der Waals surface area contributed by atoms with Crippen molar-refractivity contribution in [1.29, 1.82) is 0 Å². The topological polar surface area (TPSA) is 41.1 Å². The monoisotopic (exact) mass is 224 g/mol. The highest BCUT2D eigenvalue weighted by atomic mass is 16.2. The summed E-state index contributed by atoms with van der Waals surface area (Å²) >= 11 is 0. The van der Waals surface area contributed by atoms with Gasteiger partial charge in [0.2, 0.25) is 5.91 Å². The second-order valence-corrected chi connectivity index (χ2v) is 6.41. The van der Waals surface area contributed by atoms with Crippen LogP contribution in [0.3, 0.4) is 0 Å². The number of nitrogens with one attached hydrogen (secondary N) is 2. The van der Waals surface area contributed by atoms with Gasteiger partial charge in [-0.1, -0.05) is 20.3 Å². The van der Waals surface area contributed by atoms with Crippen molar-refractivity contribution in [3.8, 4) is 0 Å². The Morgan fingerprint density at radius 2 is 2.06 bits per heavy atom. The van der Waals surface area contributed by atoms with Gasteiger partial charge in [0.1, 0.15) is 0 Å². The van der Waals surface area contributed by atoms with E-state index in [1.807, 2.05) is 0 Å². The lowest BCUT2D eigenvalue weighted by Crippen LogP contribution is -2.51. The standard InChI is InChI=1S/C13H24N2O/c1-12(2)6-4-5-10(12)11(16)15-13(3)7-8-14-9-13/h10,14H,4-9H2,1-3H3,(H,15,16). The highest BCUT2D eigenvalue weighted by molar-refractivity contribution is 5.80. The third kappa shape index (κ3) is 2.24. The van der Waals surface area contributed by atoms with Crippen molar-refractivity contribution in [2.45, 2.75) is 52.0 Å². The molecule has 2 atom stereocenters. The van der Waals surface area contributed by atoms with Crippen molar-refractivity contribution in [1.82, 2.24) is 10.6 Å². The van der Waals surface area contributed by atoms with Gasteiger partial charge in [-0.15, -0.1) is 0 Å². The Balaban J connectivity index is 1.97. The lowest BCUT2D eigenvalue weighted by molar-refractivity contribution is -0.129. The van der Waals surface area contributed by atoms with Gasteiger partial charge in [0.05, 0.1) is 5.54 Å². The highest BCUT2D eigenvalue weighted by Crippen LogP contribution is 2.42. The molecule has 92 valence electrons. The maximum Gasteiger partial charge on any atom is 0.224 e. The van der Waals surface area contributed by atoms with E-state index in [0.717, 1.165) is 25.9 Å². The van der Waals surface area contributed by atoms with Gasteiger partial charge in [0.25, 0.3) is 0 Å². The summed E-state index contributed by atoms with van der Waals surface area (Å²) in [4.78, 5) is 12.3. The molecule has 0 spiro atoms. The van der Waals surface area contributed by atoms with E-state index in [1.165, 1.54) is 12.8 Å². The quantitative estimate of drug-likeness (QED) is 0.749. The van der Waals surface area contributed by atoms with Crippen LogP contribution in [0.5, 0.6) is 0 Å². The molecule has 3 nitrogen and oxygen atoms in total. The van der Waals surface area contributed by atoms with E-state index >= 15 is 0 Å². The fourth-order valence-corrected chi connectivity index (χ4v) is 3.12. The van der Waals surface area contributed by atoms with Crippen molar-refractivity contribution in [3.05, 3.63) is 0 Å². The van der Waals surface area contributed by atoms with Gasteiger partial charge in [-0.25, -0.2) is 0 Å². The largest absolute Gasteiger partial charge is 0.349 e. The molecule has 1 aliphatic carbocycles. The lowest BCUT2D eigenvalue weighted by atomic mass is 9.81. The summed E-state index contributed by atoms with van der Waals surface area (Å²) in [5.41, 5.74) is 0.169. The first kappa shape index (κ1) is 11.9. The fourth-order valence-electron chi connectivity index (χ4n) is 3.12. The molecule has 0 bridgehead atoms. The molecule has 1 saturated carbocycles. The molecule has 0 aromatic carbocycles. The zero-order chi connectivity index (χ0) is 11.8. The Hall–Kier alpha value is -0.570. The Kier molecular flexibility index (Phi) is 2.99. The molecule has 16 heavy (non-hydrogen) atoms. The van der Waals surface area contributed by atoms with Crippen LogP contribution in [0.1, 0.15) is 46.5 Å². The van der Waals surface area contributed by atoms with Gasteiger partial charge in [-0.2, -0.15) is 0 Å². The van der Waals surface area contributed by atoms with Crippen LogP contribution in [0.2, 0.25) is 0 Å². The first-order valence-electron chi connectivity index (χ1n) is 6.46. The van der Waals surface area contributed by atoms with Gasteiger partial charge >= 0.3 is 0 Å². The molecular weight excluding hydrogens is 200 g/mol. The summed E-state index contributed by atoms with van der Waals surface area (Å²) in [7, 11) is 0. The molecule has 1 aliphatic heterocycles. The molecule has 2 N–H and O–H groups in total. The number of carbonyl (C=O) groups is 1. The van der Waals surface area contributed by atoms with E-state index in [2.05, 4.69) is 31.4 Å². The number of hydrogen-bond donors (Lipinski definition) is 2. The van der Waals surface area contributed by atoms with Gasteiger partial charge < -0.3 is 10.6 Å². The average Bonchev–Trinajstić information content (AvgIpc) is 2.71. The third-order valence-corrected chi connectivity index (χ3v) is 4.37. The Morgan fingerprint density at radius 1 is 1.31 bits per heavy atom. The van der Waals surface area contributed by atoms with Crippen LogP contribution >= 0.6 is 0 Å². The Labute approximate surface area is 98.4 Å². The Morgan fingerprint density at radius 3 is 2.56 bits per heavy atom. The smallest absolute Gasteiger partial charge is 0.224 e. The van der Waals surface area contributed by atoms with Crippen LogP contribution in [-0.4, -0.2) is 24.5 Å². The molecule has 0 aromatic heterocycles. The van der Waals surface area contributed by atoms with Crippen LogP contribution < -0.4 is 10.6 Å². The molecule has 1 heterocycles. The second-order valence-electron chi connectivity index (χ2n) is 6.41. The zero-order valence-electron chi connectivity index (χ0n) is 10.7. The molecule has 2 rings (SSSR count). The number of carbonyl (C=O) groups excluding carboxylic acids is 1. The second kappa shape index (κ2) is 4.02. The van der Waals surface area contributed by atoms with Crippen LogP contribution in [0.4, 0.5) is 0 Å². The van der Waals surface area contributed by atoms with E-state index in [4.69, 9.17) is 0 Å². The summed E-state index contributed by atoms with van der Waals surface area (Å²) in [6, 6.07) is 0. The summed E-state index contributed by atoms with van der Waals surface area (Å²) in [5.74, 6) is 0.485. The molecule has 0 radical (unpaired) electrons. The van der Waals surface area contributed by atoms with Gasteiger partial charge in [0, 0.05) is 12.5 Å². The van der Waals surface area contributed by atoms with Crippen LogP contribution in [0.25, 0.3) is 0 Å². The summed E-state index contributed by atoms with van der Waals surface area (Å²) in [6.45, 7) is 8.52. The first-order valence-corrected chi connectivity index (χ1v) is 6.46. The molecule has 2 aliphatic rings. The summed E-state index contributed by atoms with van der Waals surface area (Å²) in [6.07, 6.45) is 4.48. The number of amides is 1. The minimum absolute atomic E-state index is 0.0181. The van der Waals surface area contributed by atoms with Crippen molar-refractivity contribution in [2.75, 3.05) is 13.1 Å². The van der Waals surface area contributed by atoms with Crippen molar-refractivity contribution < 1.29 is 4.79 Å². The molecule has 2 fully saturated rings. The van der Waals surface area contributed by atoms with Crippen LogP contribution in [0.15, 0.2) is 0 Å². The predicted molar refractivity (Wildman–Crippen MR) is 65.2 cm³/mol. The third-order valence-electron chi connectivity index (χ3n) is 4.37. The fraction of sp³-hybridized carbons (Fsp3) is 0.923. The minimum atomic E-state index is -0.0181. The van der Waals surface area contributed by atoms with Gasteiger partial charge in [-0.05, 0) is 38.1 Å². The van der Waals surface area contributed by atoms with E-state index in [1.54, 1.807) is 0 Å².